The van der Waals surface area contributed by atoms with Gasteiger partial charge in [0.15, 0.2) is 0 Å². The molecule has 4 nitrogen and oxygen atoms in total. The third kappa shape index (κ3) is 30.2. The van der Waals surface area contributed by atoms with Crippen molar-refractivity contribution in [2.75, 3.05) is 0 Å². The largest absolute Gasteiger partial charge is 0.370 e. The maximum atomic E-state index is 10.8. The molecule has 0 radical (unpaired) electrons. The van der Waals surface area contributed by atoms with Crippen LogP contribution in [0.4, 0.5) is 0 Å². The summed E-state index contributed by atoms with van der Waals surface area (Å²) >= 11 is 0. The van der Waals surface area contributed by atoms with Crippen molar-refractivity contribution in [3.63, 3.8) is 0 Å². The van der Waals surface area contributed by atoms with Gasteiger partial charge >= 0.3 is 0 Å². The number of unbranched alkanes of at least 4 members (excludes halogenated alkanes) is 28. The van der Waals surface area contributed by atoms with Crippen molar-refractivity contribution in [1.82, 2.24) is 0 Å². The van der Waals surface area contributed by atoms with E-state index in [0.717, 1.165) is 31.6 Å². The number of hydrogen-bond donors (Lipinski definition) is 2. The molecule has 0 saturated heterocycles. The Morgan fingerprint density at radius 1 is 0.438 bits per heavy atom. The van der Waals surface area contributed by atoms with Crippen LogP contribution in [0.5, 0.6) is 0 Å². The molecule has 0 fully saturated rings. The molecule has 0 spiro atoms. The first-order valence-electron chi connectivity index (χ1n) is 21.1. The molecular weight excluding hydrogens is 588 g/mol. The predicted molar refractivity (Wildman–Crippen MR) is 209 cm³/mol. The molecule has 0 saturated carbocycles. The van der Waals surface area contributed by atoms with Crippen LogP contribution in [0.2, 0.25) is 0 Å². The Hall–Kier alpha value is -1.84. The Morgan fingerprint density at radius 2 is 0.708 bits per heavy atom. The Bertz CT molecular complexity index is 821. The second kappa shape index (κ2) is 33.6. The third-order valence-corrected chi connectivity index (χ3v) is 10.5. The Morgan fingerprint density at radius 3 is 0.979 bits per heavy atom. The van der Waals surface area contributed by atoms with Crippen molar-refractivity contribution < 1.29 is 9.59 Å². The van der Waals surface area contributed by atoms with Crippen molar-refractivity contribution >= 4 is 11.8 Å². The summed E-state index contributed by atoms with van der Waals surface area (Å²) in [7, 11) is 0. The van der Waals surface area contributed by atoms with Gasteiger partial charge in [0.25, 0.3) is 0 Å². The Balaban J connectivity index is 1.99. The molecule has 1 aromatic carbocycles. The van der Waals surface area contributed by atoms with Gasteiger partial charge in [-0.15, -0.1) is 0 Å². The molecule has 0 aliphatic carbocycles. The van der Waals surface area contributed by atoms with Gasteiger partial charge in [0, 0.05) is 12.8 Å². The second-order valence-corrected chi connectivity index (χ2v) is 15.2. The summed E-state index contributed by atoms with van der Waals surface area (Å²) in [6.45, 7) is 2.24. The predicted octanol–water partition coefficient (Wildman–Crippen LogP) is 13.3. The molecule has 48 heavy (non-hydrogen) atoms. The van der Waals surface area contributed by atoms with E-state index in [1.165, 1.54) is 185 Å². The summed E-state index contributed by atoms with van der Waals surface area (Å²) in [6, 6.07) is 9.34. The molecule has 0 atom stereocenters. The number of benzene rings is 1. The summed E-state index contributed by atoms with van der Waals surface area (Å²) in [5, 5.41) is 0. The lowest BCUT2D eigenvalue weighted by atomic mass is 9.87. The lowest BCUT2D eigenvalue weighted by molar-refractivity contribution is -0.119. The van der Waals surface area contributed by atoms with Crippen LogP contribution in [0.25, 0.3) is 0 Å². The highest BCUT2D eigenvalue weighted by atomic mass is 16.1. The highest BCUT2D eigenvalue weighted by Gasteiger charge is 2.11. The maximum absolute atomic E-state index is 10.8. The SMILES string of the molecule is Cc1cccc(C(CCCCCCCCCCCCCCCCCC(N)=O)CCCCCCCCCCCCCCCCCC(N)=O)c1. The minimum Gasteiger partial charge on any atom is -0.370 e. The van der Waals surface area contributed by atoms with E-state index >= 15 is 0 Å². The lowest BCUT2D eigenvalue weighted by Crippen LogP contribution is -2.09. The number of nitrogens with two attached hydrogens (primary N) is 2. The van der Waals surface area contributed by atoms with Gasteiger partial charge in [-0.1, -0.05) is 210 Å². The first-order valence-corrected chi connectivity index (χ1v) is 21.1. The molecule has 0 aliphatic rings. The van der Waals surface area contributed by atoms with E-state index < -0.39 is 0 Å². The summed E-state index contributed by atoms with van der Waals surface area (Å²) in [5.74, 6) is 0.435. The average Bonchev–Trinajstić information content (AvgIpc) is 3.06. The molecule has 1 rings (SSSR count). The zero-order valence-corrected chi connectivity index (χ0v) is 31.9. The van der Waals surface area contributed by atoms with Crippen LogP contribution < -0.4 is 11.5 Å². The molecule has 0 unspecified atom stereocenters. The molecule has 0 aliphatic heterocycles. The number of hydrogen-bond acceptors (Lipinski definition) is 2. The zero-order valence-electron chi connectivity index (χ0n) is 31.9. The molecule has 2 amide bonds. The first kappa shape index (κ1) is 44.2. The van der Waals surface area contributed by atoms with Crippen LogP contribution in [0, 0.1) is 6.92 Å². The van der Waals surface area contributed by atoms with Crippen molar-refractivity contribution in [3.05, 3.63) is 35.4 Å². The highest BCUT2D eigenvalue weighted by Crippen LogP contribution is 2.29. The van der Waals surface area contributed by atoms with Crippen LogP contribution in [0.1, 0.15) is 235 Å². The van der Waals surface area contributed by atoms with E-state index in [2.05, 4.69) is 31.2 Å². The van der Waals surface area contributed by atoms with Gasteiger partial charge < -0.3 is 11.5 Å². The molecular formula is C44H80N2O2. The molecule has 4 heteroatoms. The molecule has 0 bridgehead atoms. The van der Waals surface area contributed by atoms with Gasteiger partial charge in [-0.05, 0) is 44.1 Å². The van der Waals surface area contributed by atoms with Crippen LogP contribution in [-0.4, -0.2) is 11.8 Å². The number of amides is 2. The number of carbonyl (C=O) groups excluding carboxylic acids is 2. The molecule has 0 heterocycles. The van der Waals surface area contributed by atoms with Gasteiger partial charge in [-0.25, -0.2) is 0 Å². The standard InChI is InChI=1S/C44H80N2O2/c1-40-33-32-36-42(39-40)41(34-28-24-20-16-12-8-4-2-6-10-14-18-22-26-30-37-43(45)47)35-29-25-21-17-13-9-5-3-7-11-15-19-23-27-31-38-44(46)48/h32-33,36,39,41H,2-31,34-35,37-38H2,1H3,(H2,45,47)(H2,46,48). The van der Waals surface area contributed by atoms with E-state index in [-0.39, 0.29) is 11.8 Å². The third-order valence-electron chi connectivity index (χ3n) is 10.5. The summed E-state index contributed by atoms with van der Waals surface area (Å²) in [5.41, 5.74) is 13.4. The average molecular weight is 669 g/mol. The Kier molecular flexibility index (Phi) is 31.0. The highest BCUT2D eigenvalue weighted by molar-refractivity contribution is 5.73. The number of carbonyl (C=O) groups is 2. The topological polar surface area (TPSA) is 86.2 Å². The normalized spacial score (nSPS) is 11.5. The smallest absolute Gasteiger partial charge is 0.217 e. The zero-order chi connectivity index (χ0) is 34.8. The van der Waals surface area contributed by atoms with E-state index in [0.29, 0.717) is 12.8 Å². The maximum Gasteiger partial charge on any atom is 0.217 e. The fourth-order valence-electron chi connectivity index (χ4n) is 7.38. The summed E-state index contributed by atoms with van der Waals surface area (Å²) < 4.78 is 0. The van der Waals surface area contributed by atoms with Crippen molar-refractivity contribution in [2.24, 2.45) is 11.5 Å². The summed E-state index contributed by atoms with van der Waals surface area (Å²) in [6.07, 6.45) is 44.0. The van der Waals surface area contributed by atoms with E-state index in [1.54, 1.807) is 5.56 Å². The van der Waals surface area contributed by atoms with Crippen LogP contribution in [0.15, 0.2) is 24.3 Å². The van der Waals surface area contributed by atoms with Crippen LogP contribution in [-0.2, 0) is 9.59 Å². The van der Waals surface area contributed by atoms with Gasteiger partial charge in [0.2, 0.25) is 11.8 Å². The lowest BCUT2D eigenvalue weighted by Gasteiger charge is -2.18. The van der Waals surface area contributed by atoms with Gasteiger partial charge in [-0.3, -0.25) is 9.59 Å². The van der Waals surface area contributed by atoms with E-state index in [4.69, 9.17) is 11.5 Å². The van der Waals surface area contributed by atoms with E-state index in [1.807, 2.05) is 0 Å². The first-order chi connectivity index (χ1) is 23.5. The van der Waals surface area contributed by atoms with E-state index in [9.17, 15) is 9.59 Å². The summed E-state index contributed by atoms with van der Waals surface area (Å²) in [4.78, 5) is 21.5. The molecule has 4 N–H and O–H groups in total. The minimum absolute atomic E-state index is 0.155. The van der Waals surface area contributed by atoms with Gasteiger partial charge in [0.1, 0.15) is 0 Å². The van der Waals surface area contributed by atoms with Crippen molar-refractivity contribution in [1.29, 1.82) is 0 Å². The number of rotatable bonds is 37. The van der Waals surface area contributed by atoms with Gasteiger partial charge in [-0.2, -0.15) is 0 Å². The second-order valence-electron chi connectivity index (χ2n) is 15.2. The van der Waals surface area contributed by atoms with Crippen molar-refractivity contribution in [3.8, 4) is 0 Å². The molecule has 278 valence electrons. The minimum atomic E-state index is -0.155. The van der Waals surface area contributed by atoms with Crippen LogP contribution >= 0.6 is 0 Å². The number of aryl methyl sites for hydroxylation is 1. The Labute approximate surface area is 298 Å². The molecule has 0 aromatic heterocycles. The van der Waals surface area contributed by atoms with Crippen LogP contribution in [0.3, 0.4) is 0 Å². The van der Waals surface area contributed by atoms with Gasteiger partial charge in [0.05, 0.1) is 0 Å². The fraction of sp³-hybridized carbons (Fsp3) is 0.818. The molecule has 1 aromatic rings. The monoisotopic (exact) mass is 669 g/mol. The van der Waals surface area contributed by atoms with Crippen molar-refractivity contribution in [2.45, 2.75) is 231 Å². The number of primary amides is 2. The quantitative estimate of drug-likeness (QED) is 0.0691. The fourth-order valence-corrected chi connectivity index (χ4v) is 7.38.